The summed E-state index contributed by atoms with van der Waals surface area (Å²) < 4.78 is 4.94. The van der Waals surface area contributed by atoms with Crippen molar-refractivity contribution in [2.45, 2.75) is 20.3 Å². The van der Waals surface area contributed by atoms with E-state index in [1.807, 2.05) is 0 Å². The van der Waals surface area contributed by atoms with Gasteiger partial charge in [-0.1, -0.05) is 13.2 Å². The maximum absolute atomic E-state index is 11.8. The predicted octanol–water partition coefficient (Wildman–Crippen LogP) is 2.07. The molecule has 5 heteroatoms. The monoisotopic (exact) mass is 264 g/mol. The minimum atomic E-state index is -0.430. The maximum Gasteiger partial charge on any atom is 0.333 e. The van der Waals surface area contributed by atoms with Crippen molar-refractivity contribution in [3.8, 4) is 0 Å². The zero-order valence-corrected chi connectivity index (χ0v) is 11.5. The van der Waals surface area contributed by atoms with E-state index in [2.05, 4.69) is 24.9 Å². The van der Waals surface area contributed by atoms with Gasteiger partial charge >= 0.3 is 5.97 Å². The van der Waals surface area contributed by atoms with Gasteiger partial charge in [0.1, 0.15) is 0 Å². The molecule has 0 spiro atoms. The van der Waals surface area contributed by atoms with E-state index in [9.17, 15) is 9.59 Å². The molecule has 0 rings (SSSR count). The third-order valence-corrected chi connectivity index (χ3v) is 2.10. The van der Waals surface area contributed by atoms with Gasteiger partial charge in [0.25, 0.3) is 5.91 Å². The van der Waals surface area contributed by atoms with Crippen LogP contribution < -0.4 is 0 Å². The van der Waals surface area contributed by atoms with Crippen LogP contribution in [0.4, 0.5) is 0 Å². The summed E-state index contributed by atoms with van der Waals surface area (Å²) in [6, 6.07) is 0. The average Bonchev–Trinajstić information content (AvgIpc) is 2.36. The number of aliphatic imine (C=N–C) groups is 1. The molecule has 19 heavy (non-hydrogen) atoms. The highest BCUT2D eigenvalue weighted by Crippen LogP contribution is 2.02. The van der Waals surface area contributed by atoms with Crippen LogP contribution in [0.2, 0.25) is 0 Å². The molecule has 0 bridgehead atoms. The average molecular weight is 264 g/mol. The van der Waals surface area contributed by atoms with Crippen molar-refractivity contribution in [2.24, 2.45) is 4.99 Å². The van der Waals surface area contributed by atoms with Crippen LogP contribution in [0.15, 0.2) is 41.7 Å². The van der Waals surface area contributed by atoms with Gasteiger partial charge in [-0.15, -0.1) is 0 Å². The van der Waals surface area contributed by atoms with Crippen molar-refractivity contribution in [2.75, 3.05) is 13.2 Å². The molecule has 104 valence electrons. The molecule has 0 saturated heterocycles. The smallest absolute Gasteiger partial charge is 0.333 e. The quantitative estimate of drug-likeness (QED) is 0.292. The van der Waals surface area contributed by atoms with Gasteiger partial charge in [0.05, 0.1) is 6.61 Å². The highest BCUT2D eigenvalue weighted by molar-refractivity contribution is 5.92. The van der Waals surface area contributed by atoms with Crippen molar-refractivity contribution in [3.05, 3.63) is 36.7 Å². The third kappa shape index (κ3) is 6.98. The lowest BCUT2D eigenvalue weighted by molar-refractivity contribution is -0.139. The Morgan fingerprint density at radius 2 is 1.89 bits per heavy atom. The number of rotatable bonds is 8. The molecule has 0 aromatic rings. The summed E-state index contributed by atoms with van der Waals surface area (Å²) in [5.41, 5.74) is 0.776. The van der Waals surface area contributed by atoms with E-state index >= 15 is 0 Å². The number of carbonyl (C=O) groups is 2. The van der Waals surface area contributed by atoms with Gasteiger partial charge in [0, 0.05) is 30.1 Å². The largest absolute Gasteiger partial charge is 0.462 e. The molecule has 0 aromatic heterocycles. The van der Waals surface area contributed by atoms with E-state index in [4.69, 9.17) is 4.74 Å². The predicted molar refractivity (Wildman–Crippen MR) is 75.6 cm³/mol. The molecule has 0 fully saturated rings. The first-order valence-corrected chi connectivity index (χ1v) is 5.81. The Labute approximate surface area is 114 Å². The topological polar surface area (TPSA) is 59.0 Å². The van der Waals surface area contributed by atoms with Crippen molar-refractivity contribution < 1.29 is 14.3 Å². The first-order valence-electron chi connectivity index (χ1n) is 5.81. The Morgan fingerprint density at radius 1 is 1.26 bits per heavy atom. The van der Waals surface area contributed by atoms with E-state index in [1.54, 1.807) is 13.8 Å². The van der Waals surface area contributed by atoms with Crippen LogP contribution in [0, 0.1) is 0 Å². The second-order valence-electron chi connectivity index (χ2n) is 4.03. The van der Waals surface area contributed by atoms with Crippen molar-refractivity contribution in [1.82, 2.24) is 4.90 Å². The molecule has 1 amide bonds. The van der Waals surface area contributed by atoms with Gasteiger partial charge in [0.15, 0.2) is 0 Å². The number of hydrogen-bond donors (Lipinski definition) is 0. The lowest BCUT2D eigenvalue weighted by atomic mass is 10.3. The Kier molecular flexibility index (Phi) is 7.84. The number of ether oxygens (including phenoxy) is 1. The highest BCUT2D eigenvalue weighted by atomic mass is 16.5. The summed E-state index contributed by atoms with van der Waals surface area (Å²) in [4.78, 5) is 27.9. The fourth-order valence-electron chi connectivity index (χ4n) is 1.14. The van der Waals surface area contributed by atoms with Gasteiger partial charge in [0.2, 0.25) is 0 Å². The van der Waals surface area contributed by atoms with Gasteiger partial charge in [-0.3, -0.25) is 9.79 Å². The normalized spacial score (nSPS) is 10.0. The van der Waals surface area contributed by atoms with Crippen LogP contribution in [0.3, 0.4) is 0 Å². The van der Waals surface area contributed by atoms with Crippen LogP contribution >= 0.6 is 0 Å². The molecular formula is C14H20N2O3. The first-order chi connectivity index (χ1) is 8.90. The van der Waals surface area contributed by atoms with Crippen molar-refractivity contribution in [1.29, 1.82) is 0 Å². The molecule has 0 aliphatic heterocycles. The van der Waals surface area contributed by atoms with Gasteiger partial charge in [-0.05, 0) is 27.0 Å². The van der Waals surface area contributed by atoms with Gasteiger partial charge < -0.3 is 9.64 Å². The lowest BCUT2D eigenvalue weighted by Gasteiger charge is -2.18. The Hall–Kier alpha value is -2.17. The van der Waals surface area contributed by atoms with Crippen LogP contribution in [-0.2, 0) is 14.3 Å². The van der Waals surface area contributed by atoms with Gasteiger partial charge in [-0.25, -0.2) is 4.79 Å². The highest BCUT2D eigenvalue weighted by Gasteiger charge is 2.11. The fourth-order valence-corrected chi connectivity index (χ4v) is 1.14. The summed E-state index contributed by atoms with van der Waals surface area (Å²) in [7, 11) is 0. The summed E-state index contributed by atoms with van der Waals surface area (Å²) in [6.45, 7) is 14.2. The maximum atomic E-state index is 11.8. The van der Waals surface area contributed by atoms with E-state index in [0.717, 1.165) is 0 Å². The first kappa shape index (κ1) is 16.8. The number of amides is 1. The minimum absolute atomic E-state index is 0.203. The number of esters is 1. The number of nitrogens with zero attached hydrogens (tertiary/aromatic N) is 2. The van der Waals surface area contributed by atoms with Crippen molar-refractivity contribution in [3.63, 3.8) is 0 Å². The molecule has 0 N–H and O–H groups in total. The SMILES string of the molecule is C=N/C=C\N(CCCOC(=O)C(=C)C)C(=O)C(=C)C. The Bertz CT molecular complexity index is 411. The van der Waals surface area contributed by atoms with E-state index in [0.29, 0.717) is 24.1 Å². The van der Waals surface area contributed by atoms with Crippen LogP contribution in [0.25, 0.3) is 0 Å². The molecule has 0 aliphatic carbocycles. The standard InChI is InChI=1S/C14H20N2O3/c1-11(2)13(17)16(9-7-15-5)8-6-10-19-14(18)12(3)4/h7,9H,1,3,5-6,8,10H2,2,4H3/b9-7-. The fraction of sp³-hybridized carbons (Fsp3) is 0.357. The van der Waals surface area contributed by atoms with E-state index in [-0.39, 0.29) is 12.5 Å². The summed E-state index contributed by atoms with van der Waals surface area (Å²) in [5.74, 6) is -0.632. The molecule has 0 radical (unpaired) electrons. The van der Waals surface area contributed by atoms with Crippen molar-refractivity contribution >= 4 is 18.6 Å². The molecule has 0 unspecified atom stereocenters. The zero-order valence-electron chi connectivity index (χ0n) is 11.5. The molecule has 0 saturated carbocycles. The van der Waals surface area contributed by atoms with Gasteiger partial charge in [-0.2, -0.15) is 0 Å². The zero-order chi connectivity index (χ0) is 14.8. The second-order valence-corrected chi connectivity index (χ2v) is 4.03. The molecule has 0 aromatic carbocycles. The summed E-state index contributed by atoms with van der Waals surface area (Å²) in [5, 5.41) is 0. The lowest BCUT2D eigenvalue weighted by Crippen LogP contribution is -2.28. The Morgan fingerprint density at radius 3 is 2.37 bits per heavy atom. The molecule has 5 nitrogen and oxygen atoms in total. The third-order valence-electron chi connectivity index (χ3n) is 2.10. The minimum Gasteiger partial charge on any atom is -0.462 e. The number of hydrogen-bond acceptors (Lipinski definition) is 4. The molecule has 0 aliphatic rings. The van der Waals surface area contributed by atoms with Crippen LogP contribution in [0.5, 0.6) is 0 Å². The number of carbonyl (C=O) groups excluding carboxylic acids is 2. The molecular weight excluding hydrogens is 244 g/mol. The summed E-state index contributed by atoms with van der Waals surface area (Å²) in [6.07, 6.45) is 3.45. The molecule has 0 heterocycles. The second kappa shape index (κ2) is 8.85. The van der Waals surface area contributed by atoms with Crippen LogP contribution in [0.1, 0.15) is 20.3 Å². The van der Waals surface area contributed by atoms with Crippen LogP contribution in [-0.4, -0.2) is 36.6 Å². The Balaban J connectivity index is 4.28. The summed E-state index contributed by atoms with van der Waals surface area (Å²) >= 11 is 0. The van der Waals surface area contributed by atoms with E-state index < -0.39 is 5.97 Å². The van der Waals surface area contributed by atoms with E-state index in [1.165, 1.54) is 17.3 Å². The molecule has 0 atom stereocenters.